The summed E-state index contributed by atoms with van der Waals surface area (Å²) in [6, 6.07) is -0.524. The van der Waals surface area contributed by atoms with Crippen LogP contribution in [0, 0.1) is 12.8 Å². The molecule has 1 aliphatic rings. The lowest BCUT2D eigenvalue weighted by molar-refractivity contribution is -0.136. The van der Waals surface area contributed by atoms with Gasteiger partial charge < -0.3 is 10.2 Å². The summed E-state index contributed by atoms with van der Waals surface area (Å²) < 4.78 is 0. The molecule has 20 heavy (non-hydrogen) atoms. The summed E-state index contributed by atoms with van der Waals surface area (Å²) in [5.41, 5.74) is 0.966. The van der Waals surface area contributed by atoms with Gasteiger partial charge in [0.1, 0.15) is 11.0 Å². The second kappa shape index (κ2) is 5.91. The van der Waals surface area contributed by atoms with Crippen LogP contribution < -0.4 is 5.32 Å². The molecule has 110 valence electrons. The van der Waals surface area contributed by atoms with Crippen LogP contribution in [0.1, 0.15) is 43.9 Å². The van der Waals surface area contributed by atoms with E-state index in [9.17, 15) is 9.59 Å². The smallest absolute Gasteiger partial charge is 0.246 e. The second-order valence-corrected chi connectivity index (χ2v) is 6.46. The molecule has 5 nitrogen and oxygen atoms in total. The van der Waals surface area contributed by atoms with Crippen molar-refractivity contribution in [1.82, 2.24) is 15.2 Å². The fraction of sp³-hybridized carbons (Fsp3) is 0.643. The lowest BCUT2D eigenvalue weighted by atomic mass is 10.0. The molecule has 1 saturated heterocycles. The van der Waals surface area contributed by atoms with Crippen molar-refractivity contribution >= 4 is 23.2 Å². The summed E-state index contributed by atoms with van der Waals surface area (Å²) in [7, 11) is 0. The zero-order valence-electron chi connectivity index (χ0n) is 12.3. The molecule has 0 saturated carbocycles. The number of rotatable bonds is 3. The first-order chi connectivity index (χ1) is 9.40. The van der Waals surface area contributed by atoms with E-state index in [4.69, 9.17) is 0 Å². The van der Waals surface area contributed by atoms with Crippen molar-refractivity contribution in [1.29, 1.82) is 0 Å². The Morgan fingerprint density at radius 3 is 2.65 bits per heavy atom. The Bertz CT molecular complexity index is 512. The van der Waals surface area contributed by atoms with Crippen LogP contribution in [-0.4, -0.2) is 34.3 Å². The molecule has 2 atom stereocenters. The van der Waals surface area contributed by atoms with E-state index >= 15 is 0 Å². The van der Waals surface area contributed by atoms with Gasteiger partial charge in [-0.25, -0.2) is 4.98 Å². The van der Waals surface area contributed by atoms with Crippen LogP contribution in [0.4, 0.5) is 0 Å². The molecule has 6 heteroatoms. The third kappa shape index (κ3) is 3.00. The highest BCUT2D eigenvalue weighted by Crippen LogP contribution is 2.26. The molecule has 0 aromatic carbocycles. The molecule has 1 aromatic heterocycles. The molecule has 0 spiro atoms. The lowest BCUT2D eigenvalue weighted by Gasteiger charge is -2.30. The van der Waals surface area contributed by atoms with Gasteiger partial charge in [0.25, 0.3) is 0 Å². The summed E-state index contributed by atoms with van der Waals surface area (Å²) in [5.74, 6) is 0.0190. The number of carbonyl (C=O) groups excluding carboxylic acids is 2. The summed E-state index contributed by atoms with van der Waals surface area (Å²) in [6.07, 6.45) is 0.351. The first kappa shape index (κ1) is 15.0. The monoisotopic (exact) mass is 295 g/mol. The van der Waals surface area contributed by atoms with Gasteiger partial charge in [0.05, 0.1) is 6.04 Å². The van der Waals surface area contributed by atoms with Crippen molar-refractivity contribution in [3.8, 4) is 0 Å². The van der Waals surface area contributed by atoms with Crippen LogP contribution in [0.3, 0.4) is 0 Å². The Kier molecular flexibility index (Phi) is 4.42. The average Bonchev–Trinajstić information content (AvgIpc) is 2.75. The zero-order chi connectivity index (χ0) is 14.9. The van der Waals surface area contributed by atoms with Gasteiger partial charge in [-0.1, -0.05) is 13.8 Å². The number of aryl methyl sites for hydroxylation is 1. The van der Waals surface area contributed by atoms with Crippen molar-refractivity contribution < 1.29 is 9.59 Å². The van der Waals surface area contributed by atoms with Crippen LogP contribution >= 0.6 is 11.3 Å². The molecule has 0 bridgehead atoms. The molecule has 2 rings (SSSR count). The topological polar surface area (TPSA) is 62.3 Å². The molecular formula is C14H21N3O2S. The molecule has 1 aromatic rings. The standard InChI is InChI=1S/C14H21N3O2S/c1-8(2)12-14(19)17(6-5-11(18)16-12)10(4)13-15-9(3)7-20-13/h7-8,10,12H,5-6H2,1-4H3,(H,16,18). The van der Waals surface area contributed by atoms with E-state index in [-0.39, 0.29) is 23.8 Å². The number of amides is 2. The van der Waals surface area contributed by atoms with Gasteiger partial charge in [-0.3, -0.25) is 9.59 Å². The zero-order valence-corrected chi connectivity index (χ0v) is 13.2. The van der Waals surface area contributed by atoms with Crippen LogP contribution in [0.5, 0.6) is 0 Å². The maximum absolute atomic E-state index is 12.6. The van der Waals surface area contributed by atoms with Gasteiger partial charge in [0, 0.05) is 24.0 Å². The van der Waals surface area contributed by atoms with Crippen molar-refractivity contribution in [2.45, 2.75) is 46.2 Å². The highest BCUT2D eigenvalue weighted by atomic mass is 32.1. The van der Waals surface area contributed by atoms with Crippen molar-refractivity contribution in [2.24, 2.45) is 5.92 Å². The minimum atomic E-state index is -0.437. The minimum Gasteiger partial charge on any atom is -0.344 e. The van der Waals surface area contributed by atoms with Gasteiger partial charge in [0.2, 0.25) is 11.8 Å². The molecule has 0 radical (unpaired) electrons. The Labute approximate surface area is 123 Å². The largest absolute Gasteiger partial charge is 0.344 e. The number of aromatic nitrogens is 1. The van der Waals surface area contributed by atoms with Crippen molar-refractivity contribution in [2.75, 3.05) is 6.54 Å². The van der Waals surface area contributed by atoms with Crippen LogP contribution in [0.25, 0.3) is 0 Å². The third-order valence-electron chi connectivity index (χ3n) is 3.57. The van der Waals surface area contributed by atoms with Gasteiger partial charge in [-0.2, -0.15) is 0 Å². The molecule has 0 aliphatic carbocycles. The van der Waals surface area contributed by atoms with E-state index in [1.807, 2.05) is 33.1 Å². The first-order valence-corrected chi connectivity index (χ1v) is 7.80. The van der Waals surface area contributed by atoms with Crippen molar-refractivity contribution in [3.05, 3.63) is 16.1 Å². The summed E-state index contributed by atoms with van der Waals surface area (Å²) in [5, 5.41) is 5.73. The maximum atomic E-state index is 12.6. The quantitative estimate of drug-likeness (QED) is 0.926. The van der Waals surface area contributed by atoms with Gasteiger partial charge in [0.15, 0.2) is 0 Å². The highest BCUT2D eigenvalue weighted by Gasteiger charge is 2.35. The maximum Gasteiger partial charge on any atom is 0.246 e. The number of carbonyl (C=O) groups is 2. The van der Waals surface area contributed by atoms with Crippen LogP contribution in [0.2, 0.25) is 0 Å². The van der Waals surface area contributed by atoms with Gasteiger partial charge in [-0.05, 0) is 19.8 Å². The minimum absolute atomic E-state index is 0.00815. The number of hydrogen-bond acceptors (Lipinski definition) is 4. The number of thiazole rings is 1. The van der Waals surface area contributed by atoms with Gasteiger partial charge >= 0.3 is 0 Å². The predicted octanol–water partition coefficient (Wildman–Crippen LogP) is 1.89. The van der Waals surface area contributed by atoms with E-state index in [1.54, 1.807) is 16.2 Å². The molecular weight excluding hydrogens is 274 g/mol. The Balaban J connectivity index is 2.24. The van der Waals surface area contributed by atoms with Gasteiger partial charge in [-0.15, -0.1) is 11.3 Å². The Hall–Kier alpha value is -1.43. The summed E-state index contributed by atoms with van der Waals surface area (Å²) in [4.78, 5) is 30.6. The number of nitrogens with one attached hydrogen (secondary N) is 1. The highest BCUT2D eigenvalue weighted by molar-refractivity contribution is 7.09. The summed E-state index contributed by atoms with van der Waals surface area (Å²) >= 11 is 1.56. The summed E-state index contributed by atoms with van der Waals surface area (Å²) in [6.45, 7) is 8.27. The van der Waals surface area contributed by atoms with Crippen LogP contribution in [0.15, 0.2) is 5.38 Å². The third-order valence-corrected chi connectivity index (χ3v) is 4.71. The lowest BCUT2D eigenvalue weighted by Crippen LogP contribution is -2.48. The number of nitrogens with zero attached hydrogens (tertiary/aromatic N) is 2. The van der Waals surface area contributed by atoms with E-state index < -0.39 is 6.04 Å². The molecule has 2 heterocycles. The molecule has 1 N–H and O–H groups in total. The van der Waals surface area contributed by atoms with E-state index in [2.05, 4.69) is 10.3 Å². The SMILES string of the molecule is Cc1csc(C(C)N2CCC(=O)NC(C(C)C)C2=O)n1. The molecule has 1 fully saturated rings. The molecule has 2 unspecified atom stereocenters. The van der Waals surface area contributed by atoms with E-state index in [1.165, 1.54) is 0 Å². The van der Waals surface area contributed by atoms with E-state index in [0.29, 0.717) is 13.0 Å². The number of hydrogen-bond donors (Lipinski definition) is 1. The van der Waals surface area contributed by atoms with Crippen LogP contribution in [-0.2, 0) is 9.59 Å². The second-order valence-electron chi connectivity index (χ2n) is 5.57. The van der Waals surface area contributed by atoms with E-state index in [0.717, 1.165) is 10.7 Å². The average molecular weight is 295 g/mol. The first-order valence-electron chi connectivity index (χ1n) is 6.92. The Morgan fingerprint density at radius 1 is 1.40 bits per heavy atom. The fourth-order valence-electron chi connectivity index (χ4n) is 2.35. The Morgan fingerprint density at radius 2 is 2.10 bits per heavy atom. The molecule has 1 aliphatic heterocycles. The normalized spacial score (nSPS) is 21.9. The fourth-order valence-corrected chi connectivity index (χ4v) is 3.22. The predicted molar refractivity (Wildman–Crippen MR) is 78.4 cm³/mol. The van der Waals surface area contributed by atoms with Crippen molar-refractivity contribution in [3.63, 3.8) is 0 Å². The molecule has 2 amide bonds.